The van der Waals surface area contributed by atoms with Crippen LogP contribution >= 0.6 is 11.3 Å². The van der Waals surface area contributed by atoms with Crippen LogP contribution in [0.3, 0.4) is 0 Å². The van der Waals surface area contributed by atoms with Crippen LogP contribution < -0.4 is 5.32 Å². The second kappa shape index (κ2) is 5.14. The quantitative estimate of drug-likeness (QED) is 0.904. The minimum Gasteiger partial charge on any atom is -0.311 e. The maximum Gasteiger partial charge on any atom is 0.225 e. The fraction of sp³-hybridized carbons (Fsp3) is 0.333. The Bertz CT molecular complexity index is 502. The van der Waals surface area contributed by atoms with Crippen molar-refractivity contribution in [2.75, 3.05) is 5.32 Å². The highest BCUT2D eigenvalue weighted by atomic mass is 32.1. The smallest absolute Gasteiger partial charge is 0.225 e. The number of hydrogen-bond acceptors (Lipinski definition) is 3. The van der Waals surface area contributed by atoms with Crippen LogP contribution in [0.25, 0.3) is 0 Å². The van der Waals surface area contributed by atoms with E-state index in [0.29, 0.717) is 6.42 Å². The summed E-state index contributed by atoms with van der Waals surface area (Å²) in [6, 6.07) is 5.91. The number of carbonyl (C=O) groups is 1. The van der Waals surface area contributed by atoms with Crippen LogP contribution in [-0.2, 0) is 18.3 Å². The largest absolute Gasteiger partial charge is 0.311 e. The third-order valence-corrected chi connectivity index (χ3v) is 3.38. The molecule has 0 aliphatic rings. The van der Waals surface area contributed by atoms with Crippen molar-refractivity contribution in [2.24, 2.45) is 7.05 Å². The first kappa shape index (κ1) is 11.9. The molecule has 5 heteroatoms. The lowest BCUT2D eigenvalue weighted by atomic mass is 10.2. The van der Waals surface area contributed by atoms with Crippen molar-refractivity contribution in [2.45, 2.75) is 19.8 Å². The van der Waals surface area contributed by atoms with Crippen molar-refractivity contribution in [1.29, 1.82) is 0 Å². The number of nitrogens with zero attached hydrogens (tertiary/aromatic N) is 2. The van der Waals surface area contributed by atoms with Gasteiger partial charge in [0.15, 0.2) is 0 Å². The molecule has 0 saturated heterocycles. The number of aryl methyl sites for hydroxylation is 3. The predicted molar refractivity (Wildman–Crippen MR) is 69.2 cm³/mol. The molecule has 2 rings (SSSR count). The van der Waals surface area contributed by atoms with Gasteiger partial charge in [-0.05, 0) is 24.8 Å². The van der Waals surface area contributed by atoms with E-state index in [-0.39, 0.29) is 5.91 Å². The Labute approximate surface area is 104 Å². The Morgan fingerprint density at radius 1 is 1.59 bits per heavy atom. The fourth-order valence-electron chi connectivity index (χ4n) is 1.62. The number of aromatic nitrogens is 2. The van der Waals surface area contributed by atoms with Gasteiger partial charge in [0.25, 0.3) is 0 Å². The molecule has 90 valence electrons. The van der Waals surface area contributed by atoms with Crippen LogP contribution in [0, 0.1) is 6.92 Å². The van der Waals surface area contributed by atoms with E-state index >= 15 is 0 Å². The van der Waals surface area contributed by atoms with E-state index in [9.17, 15) is 4.79 Å². The summed E-state index contributed by atoms with van der Waals surface area (Å²) in [7, 11) is 1.82. The maximum absolute atomic E-state index is 11.7. The minimum atomic E-state index is 0.0291. The number of hydrogen-bond donors (Lipinski definition) is 1. The monoisotopic (exact) mass is 249 g/mol. The van der Waals surface area contributed by atoms with E-state index in [2.05, 4.69) is 10.4 Å². The van der Waals surface area contributed by atoms with E-state index in [1.54, 1.807) is 16.0 Å². The molecule has 0 unspecified atom stereocenters. The minimum absolute atomic E-state index is 0.0291. The van der Waals surface area contributed by atoms with Gasteiger partial charge < -0.3 is 5.32 Å². The molecular formula is C12H15N3OS. The van der Waals surface area contributed by atoms with Gasteiger partial charge in [-0.1, -0.05) is 6.07 Å². The molecule has 0 spiro atoms. The number of nitrogens with one attached hydrogen (secondary N) is 1. The molecule has 0 radical (unpaired) electrons. The number of rotatable bonds is 4. The van der Waals surface area contributed by atoms with Gasteiger partial charge in [-0.3, -0.25) is 9.48 Å². The van der Waals surface area contributed by atoms with E-state index in [0.717, 1.165) is 17.9 Å². The van der Waals surface area contributed by atoms with Gasteiger partial charge in [0.05, 0.1) is 5.69 Å². The van der Waals surface area contributed by atoms with E-state index < -0.39 is 0 Å². The van der Waals surface area contributed by atoms with Crippen LogP contribution in [0.15, 0.2) is 23.6 Å². The molecule has 1 amide bonds. The summed E-state index contributed by atoms with van der Waals surface area (Å²) in [6.45, 7) is 1.90. The van der Waals surface area contributed by atoms with Gasteiger partial charge in [0.1, 0.15) is 5.82 Å². The van der Waals surface area contributed by atoms with Crippen LogP contribution in [0.4, 0.5) is 5.82 Å². The summed E-state index contributed by atoms with van der Waals surface area (Å²) in [5.41, 5.74) is 0.904. The lowest BCUT2D eigenvalue weighted by molar-refractivity contribution is -0.116. The van der Waals surface area contributed by atoms with Gasteiger partial charge in [-0.2, -0.15) is 5.10 Å². The summed E-state index contributed by atoms with van der Waals surface area (Å²) in [4.78, 5) is 13.0. The van der Waals surface area contributed by atoms with Crippen LogP contribution in [0.1, 0.15) is 17.0 Å². The summed E-state index contributed by atoms with van der Waals surface area (Å²) in [6.07, 6.45) is 1.30. The van der Waals surface area contributed by atoms with Gasteiger partial charge >= 0.3 is 0 Å². The average Bonchev–Trinajstić information content (AvgIpc) is 2.87. The third kappa shape index (κ3) is 3.17. The number of thiophene rings is 1. The molecular weight excluding hydrogens is 234 g/mol. The first-order valence-corrected chi connectivity index (χ1v) is 6.36. The van der Waals surface area contributed by atoms with Crippen LogP contribution in [-0.4, -0.2) is 15.7 Å². The van der Waals surface area contributed by atoms with E-state index in [1.807, 2.05) is 37.6 Å². The normalized spacial score (nSPS) is 10.5. The highest BCUT2D eigenvalue weighted by Gasteiger charge is 2.07. The summed E-state index contributed by atoms with van der Waals surface area (Å²) in [5.74, 6) is 0.778. The SMILES string of the molecule is Cc1cc(NC(=O)CCc2cccs2)n(C)n1. The lowest BCUT2D eigenvalue weighted by Crippen LogP contribution is -2.14. The van der Waals surface area contributed by atoms with Crippen molar-refractivity contribution in [3.05, 3.63) is 34.2 Å². The summed E-state index contributed by atoms with van der Waals surface area (Å²) < 4.78 is 1.68. The Morgan fingerprint density at radius 2 is 2.41 bits per heavy atom. The van der Waals surface area contributed by atoms with Crippen LogP contribution in [0.2, 0.25) is 0 Å². The van der Waals surface area contributed by atoms with Gasteiger partial charge in [0, 0.05) is 24.4 Å². The number of carbonyl (C=O) groups excluding carboxylic acids is 1. The van der Waals surface area contributed by atoms with Crippen molar-refractivity contribution < 1.29 is 4.79 Å². The molecule has 0 aromatic carbocycles. The molecule has 0 atom stereocenters. The molecule has 0 saturated carbocycles. The fourth-order valence-corrected chi connectivity index (χ4v) is 2.33. The Morgan fingerprint density at radius 3 is 3.00 bits per heavy atom. The Balaban J connectivity index is 1.87. The van der Waals surface area contributed by atoms with Crippen molar-refractivity contribution >= 4 is 23.1 Å². The van der Waals surface area contributed by atoms with Crippen molar-refractivity contribution in [3.8, 4) is 0 Å². The zero-order chi connectivity index (χ0) is 12.3. The Kier molecular flexibility index (Phi) is 3.58. The summed E-state index contributed by atoms with van der Waals surface area (Å²) in [5, 5.41) is 9.06. The second-order valence-electron chi connectivity index (χ2n) is 3.92. The van der Waals surface area contributed by atoms with Gasteiger partial charge in [-0.15, -0.1) is 11.3 Å². The first-order valence-electron chi connectivity index (χ1n) is 5.48. The van der Waals surface area contributed by atoms with Crippen molar-refractivity contribution in [1.82, 2.24) is 9.78 Å². The predicted octanol–water partition coefficient (Wildman–Crippen LogP) is 2.36. The average molecular weight is 249 g/mol. The zero-order valence-corrected chi connectivity index (χ0v) is 10.8. The third-order valence-electron chi connectivity index (χ3n) is 2.45. The maximum atomic E-state index is 11.7. The molecule has 2 aromatic rings. The van der Waals surface area contributed by atoms with E-state index in [4.69, 9.17) is 0 Å². The molecule has 2 heterocycles. The first-order chi connectivity index (χ1) is 8.15. The standard InChI is InChI=1S/C12H15N3OS/c1-9-8-11(15(2)14-9)13-12(16)6-5-10-4-3-7-17-10/h3-4,7-8H,5-6H2,1-2H3,(H,13,16). The number of amides is 1. The van der Waals surface area contributed by atoms with E-state index in [1.165, 1.54) is 4.88 Å². The zero-order valence-electron chi connectivity index (χ0n) is 9.93. The van der Waals surface area contributed by atoms with Crippen LogP contribution in [0.5, 0.6) is 0 Å². The molecule has 0 fully saturated rings. The molecule has 17 heavy (non-hydrogen) atoms. The number of anilines is 1. The lowest BCUT2D eigenvalue weighted by Gasteiger charge is -2.04. The molecule has 4 nitrogen and oxygen atoms in total. The Hall–Kier alpha value is -1.62. The molecule has 0 aliphatic heterocycles. The van der Waals surface area contributed by atoms with Gasteiger partial charge in [0.2, 0.25) is 5.91 Å². The molecule has 0 bridgehead atoms. The summed E-state index contributed by atoms with van der Waals surface area (Å²) >= 11 is 1.68. The van der Waals surface area contributed by atoms with Gasteiger partial charge in [-0.25, -0.2) is 0 Å². The molecule has 0 aliphatic carbocycles. The molecule has 1 N–H and O–H groups in total. The molecule has 2 aromatic heterocycles. The highest BCUT2D eigenvalue weighted by Crippen LogP contribution is 2.12. The second-order valence-corrected chi connectivity index (χ2v) is 4.95. The topological polar surface area (TPSA) is 46.9 Å². The van der Waals surface area contributed by atoms with Crippen molar-refractivity contribution in [3.63, 3.8) is 0 Å². The highest BCUT2D eigenvalue weighted by molar-refractivity contribution is 7.09.